The lowest BCUT2D eigenvalue weighted by Crippen LogP contribution is -2.42. The largest absolute Gasteiger partial charge is 0.328 e. The summed E-state index contributed by atoms with van der Waals surface area (Å²) in [7, 11) is 0. The molecule has 1 aromatic heterocycles. The van der Waals surface area contributed by atoms with E-state index in [0.717, 1.165) is 11.3 Å². The Labute approximate surface area is 143 Å². The van der Waals surface area contributed by atoms with E-state index >= 15 is 0 Å². The molecule has 0 bridgehead atoms. The van der Waals surface area contributed by atoms with Crippen molar-refractivity contribution in [3.05, 3.63) is 58.0 Å². The van der Waals surface area contributed by atoms with Crippen LogP contribution < -0.4 is 5.32 Å². The summed E-state index contributed by atoms with van der Waals surface area (Å²) in [5, 5.41) is 18.4. The summed E-state index contributed by atoms with van der Waals surface area (Å²) in [4.78, 5) is 27.6. The number of non-ortho nitro benzene ring substituents is 1. The van der Waals surface area contributed by atoms with Crippen LogP contribution in [0, 0.1) is 21.4 Å². The number of nitro groups is 1. The molecule has 0 saturated heterocycles. The average molecular weight is 339 g/mol. The third-order valence-corrected chi connectivity index (χ3v) is 4.71. The van der Waals surface area contributed by atoms with Crippen LogP contribution in [0.3, 0.4) is 0 Å². The zero-order valence-electron chi connectivity index (χ0n) is 13.8. The van der Waals surface area contributed by atoms with Crippen molar-refractivity contribution < 1.29 is 9.72 Å². The average Bonchev–Trinajstić information content (AvgIpc) is 2.99. The van der Waals surface area contributed by atoms with Gasteiger partial charge in [-0.05, 0) is 11.0 Å². The molecule has 0 radical (unpaired) electrons. The summed E-state index contributed by atoms with van der Waals surface area (Å²) < 4.78 is 1.68. The van der Waals surface area contributed by atoms with Gasteiger partial charge in [0.25, 0.3) is 5.69 Å². The number of benzene rings is 1. The quantitative estimate of drug-likeness (QED) is 0.666. The second kappa shape index (κ2) is 5.23. The van der Waals surface area contributed by atoms with Crippen LogP contribution in [-0.4, -0.2) is 25.5 Å². The molecule has 1 aromatic carbocycles. The maximum atomic E-state index is 12.9. The van der Waals surface area contributed by atoms with E-state index in [1.54, 1.807) is 16.8 Å². The maximum absolute atomic E-state index is 12.9. The van der Waals surface area contributed by atoms with Crippen LogP contribution in [0.15, 0.2) is 42.4 Å². The highest BCUT2D eigenvalue weighted by Gasteiger charge is 2.44. The Bertz CT molecular complexity index is 897. The predicted molar refractivity (Wildman–Crippen MR) is 89.9 cm³/mol. The van der Waals surface area contributed by atoms with Gasteiger partial charge in [0.2, 0.25) is 5.95 Å². The molecule has 2 heterocycles. The lowest BCUT2D eigenvalue weighted by molar-refractivity contribution is -0.384. The van der Waals surface area contributed by atoms with Crippen molar-refractivity contribution in [2.75, 3.05) is 5.32 Å². The van der Waals surface area contributed by atoms with Crippen LogP contribution in [0.5, 0.6) is 0 Å². The van der Waals surface area contributed by atoms with E-state index in [9.17, 15) is 14.9 Å². The fourth-order valence-electron chi connectivity index (χ4n) is 3.69. The molecule has 8 nitrogen and oxygen atoms in total. The first-order chi connectivity index (χ1) is 11.9. The van der Waals surface area contributed by atoms with E-state index in [1.807, 2.05) is 13.8 Å². The first-order valence-corrected chi connectivity index (χ1v) is 8.02. The minimum Gasteiger partial charge on any atom is -0.328 e. The van der Waals surface area contributed by atoms with Gasteiger partial charge in [-0.2, -0.15) is 10.1 Å². The summed E-state index contributed by atoms with van der Waals surface area (Å²) in [5.41, 5.74) is 1.41. The Morgan fingerprint density at radius 1 is 1.32 bits per heavy atom. The smallest absolute Gasteiger partial charge is 0.269 e. The molecular weight excluding hydrogens is 322 g/mol. The number of hydrogen-bond acceptors (Lipinski definition) is 6. The standard InChI is InChI=1S/C17H17N5O3/c1-17(2)7-12-14(13(23)8-17)15(21-16(20-12)18-9-19-21)10-3-5-11(6-4-10)22(24)25/h3-7,9,14-15H,8H2,1-2H3,(H,18,19,20). The van der Waals surface area contributed by atoms with Crippen LogP contribution in [0.25, 0.3) is 0 Å². The van der Waals surface area contributed by atoms with Gasteiger partial charge >= 0.3 is 0 Å². The lowest BCUT2D eigenvalue weighted by atomic mass is 9.72. The number of ketones is 1. The molecule has 0 amide bonds. The number of fused-ring (bicyclic) bond motifs is 2. The summed E-state index contributed by atoms with van der Waals surface area (Å²) in [5.74, 6) is 0.291. The zero-order chi connectivity index (χ0) is 17.8. The van der Waals surface area contributed by atoms with Crippen LogP contribution in [0.1, 0.15) is 31.9 Å². The van der Waals surface area contributed by atoms with Gasteiger partial charge in [0.15, 0.2) is 0 Å². The highest BCUT2D eigenvalue weighted by Crippen LogP contribution is 2.45. The topological polar surface area (TPSA) is 103 Å². The Kier molecular flexibility index (Phi) is 3.24. The summed E-state index contributed by atoms with van der Waals surface area (Å²) in [6.45, 7) is 4.05. The van der Waals surface area contributed by atoms with Crippen molar-refractivity contribution in [2.24, 2.45) is 11.3 Å². The minimum absolute atomic E-state index is 0.0170. The van der Waals surface area contributed by atoms with Gasteiger partial charge in [-0.1, -0.05) is 32.1 Å². The summed E-state index contributed by atoms with van der Waals surface area (Å²) >= 11 is 0. The summed E-state index contributed by atoms with van der Waals surface area (Å²) in [6.07, 6.45) is 3.96. The van der Waals surface area contributed by atoms with Crippen LogP contribution in [-0.2, 0) is 4.79 Å². The second-order valence-corrected chi connectivity index (χ2v) is 7.16. The van der Waals surface area contributed by atoms with Crippen molar-refractivity contribution in [1.82, 2.24) is 14.8 Å². The number of nitrogens with zero attached hydrogens (tertiary/aromatic N) is 4. The molecule has 4 rings (SSSR count). The molecule has 1 aliphatic heterocycles. The number of allylic oxidation sites excluding steroid dienone is 2. The SMILES string of the molecule is CC1(C)C=C2Nc3ncnn3C(c3ccc([N+](=O)[O-])cc3)C2C(=O)C1. The molecule has 2 aromatic rings. The minimum atomic E-state index is -0.438. The number of carbonyl (C=O) groups excluding carboxylic acids is 1. The second-order valence-electron chi connectivity index (χ2n) is 7.16. The number of aromatic nitrogens is 3. The molecule has 2 aliphatic rings. The monoisotopic (exact) mass is 339 g/mol. The van der Waals surface area contributed by atoms with Gasteiger partial charge in [-0.3, -0.25) is 14.9 Å². The lowest BCUT2D eigenvalue weighted by Gasteiger charge is -2.40. The van der Waals surface area contributed by atoms with Crippen molar-refractivity contribution in [1.29, 1.82) is 0 Å². The fourth-order valence-corrected chi connectivity index (χ4v) is 3.69. The molecule has 128 valence electrons. The highest BCUT2D eigenvalue weighted by molar-refractivity contribution is 5.88. The van der Waals surface area contributed by atoms with Crippen molar-refractivity contribution in [3.8, 4) is 0 Å². The number of hydrogen-bond donors (Lipinski definition) is 1. The normalized spacial score (nSPS) is 23.9. The number of nitrogens with one attached hydrogen (secondary N) is 1. The van der Waals surface area contributed by atoms with E-state index < -0.39 is 10.8 Å². The van der Waals surface area contributed by atoms with E-state index in [-0.39, 0.29) is 22.9 Å². The predicted octanol–water partition coefficient (Wildman–Crippen LogP) is 2.70. The van der Waals surface area contributed by atoms with Gasteiger partial charge < -0.3 is 5.32 Å². The van der Waals surface area contributed by atoms with Crippen molar-refractivity contribution in [3.63, 3.8) is 0 Å². The fraction of sp³-hybridized carbons (Fsp3) is 0.353. The van der Waals surface area contributed by atoms with Crippen molar-refractivity contribution >= 4 is 17.4 Å². The van der Waals surface area contributed by atoms with E-state index in [4.69, 9.17) is 0 Å². The molecule has 1 N–H and O–H groups in total. The van der Waals surface area contributed by atoms with Crippen LogP contribution >= 0.6 is 0 Å². The molecule has 8 heteroatoms. The Morgan fingerprint density at radius 2 is 2.04 bits per heavy atom. The number of anilines is 1. The van der Waals surface area contributed by atoms with Crippen molar-refractivity contribution in [2.45, 2.75) is 26.3 Å². The molecular formula is C17H17N5O3. The highest BCUT2D eigenvalue weighted by atomic mass is 16.6. The number of rotatable bonds is 2. The zero-order valence-corrected chi connectivity index (χ0v) is 13.8. The first-order valence-electron chi connectivity index (χ1n) is 8.02. The molecule has 2 unspecified atom stereocenters. The van der Waals surface area contributed by atoms with E-state index in [1.165, 1.54) is 18.5 Å². The number of carbonyl (C=O) groups is 1. The molecule has 0 saturated carbocycles. The Morgan fingerprint density at radius 3 is 2.72 bits per heavy atom. The molecule has 1 aliphatic carbocycles. The van der Waals surface area contributed by atoms with E-state index in [0.29, 0.717) is 12.4 Å². The van der Waals surface area contributed by atoms with Gasteiger partial charge in [-0.25, -0.2) is 4.68 Å². The van der Waals surface area contributed by atoms with Gasteiger partial charge in [0.05, 0.1) is 16.9 Å². The van der Waals surface area contributed by atoms with Gasteiger partial charge in [0, 0.05) is 24.3 Å². The van der Waals surface area contributed by atoms with Crippen LogP contribution in [0.4, 0.5) is 11.6 Å². The Hall–Kier alpha value is -3.03. The number of nitro benzene ring substituents is 1. The number of Topliss-reactive ketones (excluding diaryl/α,β-unsaturated/α-hetero) is 1. The third-order valence-electron chi connectivity index (χ3n) is 4.71. The third kappa shape index (κ3) is 2.50. The molecule has 25 heavy (non-hydrogen) atoms. The van der Waals surface area contributed by atoms with E-state index in [2.05, 4.69) is 21.5 Å². The Balaban J connectivity index is 1.85. The summed E-state index contributed by atoms with van der Waals surface area (Å²) in [6, 6.07) is 5.91. The van der Waals surface area contributed by atoms with Gasteiger partial charge in [0.1, 0.15) is 12.1 Å². The molecule has 0 fully saturated rings. The molecule has 0 spiro atoms. The van der Waals surface area contributed by atoms with Gasteiger partial charge in [-0.15, -0.1) is 0 Å². The molecule has 2 atom stereocenters. The maximum Gasteiger partial charge on any atom is 0.269 e. The van der Waals surface area contributed by atoms with Crippen LogP contribution in [0.2, 0.25) is 0 Å². The first kappa shape index (κ1) is 15.5.